The van der Waals surface area contributed by atoms with Crippen LogP contribution in [0.2, 0.25) is 0 Å². The minimum Gasteiger partial charge on any atom is -0.756 e. The second-order valence-corrected chi connectivity index (χ2v) is 24.6. The summed E-state index contributed by atoms with van der Waals surface area (Å²) in [4.78, 5) is 93.9. The van der Waals surface area contributed by atoms with Crippen molar-refractivity contribution in [1.82, 2.24) is 34.3 Å². The Bertz CT molecular complexity index is 3560. The molecule has 1 fully saturated rings. The molecule has 0 spiro atoms. The maximum Gasteiger partial charge on any atom is 0.487 e. The number of fused-ring (bicyclic) bond motifs is 5. The van der Waals surface area contributed by atoms with Gasteiger partial charge >= 0.3 is 15.6 Å². The van der Waals surface area contributed by atoms with Crippen molar-refractivity contribution in [2.24, 2.45) is 0 Å². The average molecular weight is 1190 g/mol. The van der Waals surface area contributed by atoms with Gasteiger partial charge in [-0.15, -0.1) is 0 Å². The van der Waals surface area contributed by atoms with Gasteiger partial charge in [-0.2, -0.15) is 9.29 Å². The van der Waals surface area contributed by atoms with Gasteiger partial charge in [-0.05, 0) is 81.7 Å². The van der Waals surface area contributed by atoms with Crippen molar-refractivity contribution < 1.29 is 75.7 Å². The minimum absolute atomic E-state index is 0.0474. The van der Waals surface area contributed by atoms with E-state index in [0.717, 1.165) is 96.3 Å². The Balaban J connectivity index is 0.771. The van der Waals surface area contributed by atoms with E-state index in [1.807, 2.05) is 24.3 Å². The van der Waals surface area contributed by atoms with Crippen molar-refractivity contribution in [1.29, 1.82) is 0 Å². The molecule has 0 saturated carbocycles. The molecular formula is C51H67N10O17P3. The fourth-order valence-electron chi connectivity index (χ4n) is 10.9. The van der Waals surface area contributed by atoms with Crippen LogP contribution < -0.4 is 51.6 Å². The van der Waals surface area contributed by atoms with Gasteiger partial charge in [0.05, 0.1) is 12.7 Å². The van der Waals surface area contributed by atoms with E-state index in [-0.39, 0.29) is 47.8 Å². The summed E-state index contributed by atoms with van der Waals surface area (Å²) >= 11 is 0. The molecule has 0 aliphatic carbocycles. The number of aryl methyl sites for hydroxylation is 2. The number of nitrogens with two attached hydrogens (primary N) is 1. The third-order valence-corrected chi connectivity index (χ3v) is 18.4. The van der Waals surface area contributed by atoms with E-state index in [9.17, 15) is 53.0 Å². The Kier molecular flexibility index (Phi) is 18.4. The second kappa shape index (κ2) is 24.9. The van der Waals surface area contributed by atoms with Gasteiger partial charge in [-0.1, -0.05) is 31.0 Å². The van der Waals surface area contributed by atoms with Crippen LogP contribution in [0.4, 0.5) is 17.6 Å². The number of anilines is 3. The highest BCUT2D eigenvalue weighted by molar-refractivity contribution is 7.66. The normalized spacial score (nSPS) is 20.7. The van der Waals surface area contributed by atoms with Crippen molar-refractivity contribution in [3.8, 4) is 11.5 Å². The Morgan fingerprint density at radius 3 is 2.43 bits per heavy atom. The minimum atomic E-state index is -5.91. The molecule has 2 amide bonds. The average Bonchev–Trinajstić information content (AvgIpc) is 4.14. The van der Waals surface area contributed by atoms with Crippen molar-refractivity contribution in [3.63, 3.8) is 0 Å². The summed E-state index contributed by atoms with van der Waals surface area (Å²) in [6.45, 7) is 8.06. The highest BCUT2D eigenvalue weighted by Crippen LogP contribution is 2.65. The zero-order valence-electron chi connectivity index (χ0n) is 44.9. The number of nitrogens with zero attached hydrogens (tertiary/aromatic N) is 6. The van der Waals surface area contributed by atoms with Gasteiger partial charge in [-0.25, -0.2) is 23.0 Å². The molecule has 5 aromatic rings. The predicted molar refractivity (Wildman–Crippen MR) is 294 cm³/mol. The van der Waals surface area contributed by atoms with E-state index >= 15 is 0 Å². The third-order valence-electron chi connectivity index (χ3n) is 14.7. The Hall–Kier alpha value is -5.89. The van der Waals surface area contributed by atoms with Crippen LogP contribution in [0.3, 0.4) is 0 Å². The van der Waals surface area contributed by atoms with Crippen molar-refractivity contribution in [3.05, 3.63) is 97.3 Å². The monoisotopic (exact) mass is 1180 g/mol. The molecule has 0 radical (unpaired) electrons. The van der Waals surface area contributed by atoms with E-state index in [1.165, 1.54) is 22.2 Å². The molecule has 81 heavy (non-hydrogen) atoms. The fourth-order valence-corrected chi connectivity index (χ4v) is 13.9. The number of imidazole rings is 1. The number of phosphoric acid groups is 3. The smallest absolute Gasteiger partial charge is 0.487 e. The lowest BCUT2D eigenvalue weighted by Crippen LogP contribution is -2.39. The molecule has 3 aromatic carbocycles. The lowest BCUT2D eigenvalue weighted by atomic mass is 9.86. The van der Waals surface area contributed by atoms with E-state index in [0.29, 0.717) is 44.3 Å². The molecule has 3 unspecified atom stereocenters. The highest BCUT2D eigenvalue weighted by Gasteiger charge is 2.47. The number of aliphatic hydroxyl groups is 2. The first-order valence-electron chi connectivity index (χ1n) is 26.9. The highest BCUT2D eigenvalue weighted by atomic mass is 31.3. The Morgan fingerprint density at radius 2 is 1.68 bits per heavy atom. The summed E-state index contributed by atoms with van der Waals surface area (Å²) in [6, 6.07) is 16.6. The Morgan fingerprint density at radius 1 is 0.926 bits per heavy atom. The summed E-state index contributed by atoms with van der Waals surface area (Å²) < 4.78 is 62.8. The number of hydrogen-bond donors (Lipinski definition) is 9. The van der Waals surface area contributed by atoms with Crippen molar-refractivity contribution >= 4 is 69.6 Å². The first-order valence-corrected chi connectivity index (χ1v) is 31.3. The number of aromatic amines is 1. The van der Waals surface area contributed by atoms with Crippen LogP contribution in [0.1, 0.15) is 104 Å². The van der Waals surface area contributed by atoms with Crippen molar-refractivity contribution in [2.75, 3.05) is 75.4 Å². The summed E-state index contributed by atoms with van der Waals surface area (Å²) in [6.07, 6.45) is 0.378. The van der Waals surface area contributed by atoms with Crippen LogP contribution in [0.15, 0.2) is 53.3 Å². The fraction of sp³-hybridized carbons (Fsp3) is 0.490. The number of aromatic nitrogens is 4. The van der Waals surface area contributed by atoms with Gasteiger partial charge in [-0.3, -0.25) is 33.0 Å². The first kappa shape index (κ1) is 59.7. The second-order valence-electron chi connectivity index (χ2n) is 20.2. The van der Waals surface area contributed by atoms with E-state index < -0.39 is 60.2 Å². The van der Waals surface area contributed by atoms with Crippen LogP contribution in [0.5, 0.6) is 11.5 Å². The number of carbonyl (C=O) groups is 2. The van der Waals surface area contributed by atoms with E-state index in [1.54, 1.807) is 11.9 Å². The van der Waals surface area contributed by atoms with Gasteiger partial charge in [0.2, 0.25) is 23.2 Å². The third kappa shape index (κ3) is 13.6. The van der Waals surface area contributed by atoms with Gasteiger partial charge in [0.15, 0.2) is 17.4 Å². The molecular weight excluding hydrogens is 1120 g/mol. The number of unbranched alkanes of at least 4 members (excludes halogenated alkanes) is 3. The lowest BCUT2D eigenvalue weighted by Gasteiger charge is -2.33. The van der Waals surface area contributed by atoms with Crippen molar-refractivity contribution in [2.45, 2.75) is 103 Å². The number of nitrogens with one attached hydrogen (secondary N) is 3. The number of benzene rings is 3. The molecule has 9 rings (SSSR count). The van der Waals surface area contributed by atoms with Gasteiger partial charge in [0.1, 0.15) is 42.9 Å². The standard InChI is InChI=1S/C51H67N10O17P3/c1-4-59-23-12-15-30-25-34-38(27-36(30)59)75-39-28-37-31(16-13-24-60(37)5-2)26-35(39)42(34)32-17-8-9-18-33(32)48(66)58(3)22-14-19-41(62)53-20-10-6-7-11-21-54-51-55-43-46(56-50(52)57-47(43)65)61(51)49-45(64)44(63)40(76-49)29-74-80(70,71)78-81(72,73)77-79(67,68)69/h8-9,17-18,25-28,40,44-45,49,63-64H,4-7,10-16,19-24,29H2,1-3H3,(H8,52,53,57,62,65,66,67,68,69,70,71,72,73)/t40-,44-,45-,49-/m1/s1. The number of rotatable bonds is 24. The van der Waals surface area contributed by atoms with Gasteiger partial charge < -0.3 is 65.4 Å². The predicted octanol–water partition coefficient (Wildman–Crippen LogP) is 2.26. The van der Waals surface area contributed by atoms with Crippen LogP contribution in [0, 0.1) is 0 Å². The molecule has 7 atom stereocenters. The van der Waals surface area contributed by atoms with Crippen LogP contribution in [-0.4, -0.2) is 139 Å². The van der Waals surface area contributed by atoms with Crippen LogP contribution in [0.25, 0.3) is 16.7 Å². The summed E-state index contributed by atoms with van der Waals surface area (Å²) in [5.74, 6) is 0.884. The molecule has 2 aromatic heterocycles. The van der Waals surface area contributed by atoms with Crippen LogP contribution >= 0.6 is 23.5 Å². The SMILES string of the molecule is CCN1CCCc2cc3c(cc21)Oc1cc2c(cc1=C3c1ccccc1C(=O)N(C)CCCC(=O)NCCCCCCNc1nc3c(=O)[nH]c(N)nc3n1[C@@H]1O[C@H](COP(=O)(O)OP(=O)(O)OP(=O)([O-])O)[C@@H](O)[C@H]1O)CCC[N+]=2CC. The molecule has 10 N–H and O–H groups in total. The largest absolute Gasteiger partial charge is 0.756 e. The number of H-pyrrole nitrogens is 1. The summed E-state index contributed by atoms with van der Waals surface area (Å²) in [5, 5.41) is 30.0. The lowest BCUT2D eigenvalue weighted by molar-refractivity contribution is -0.212. The van der Waals surface area contributed by atoms with E-state index in [2.05, 4.69) is 86.3 Å². The molecule has 1 saturated heterocycles. The zero-order valence-corrected chi connectivity index (χ0v) is 47.6. The molecule has 30 heteroatoms. The maximum atomic E-state index is 14.5. The number of phosphoric ester groups is 1. The molecule has 438 valence electrons. The topological polar surface area (TPSA) is 379 Å². The summed E-state index contributed by atoms with van der Waals surface area (Å²) in [7, 11) is -15.7. The maximum absolute atomic E-state index is 14.5. The summed E-state index contributed by atoms with van der Waals surface area (Å²) in [5.41, 5.74) is 11.7. The van der Waals surface area contributed by atoms with E-state index in [4.69, 9.17) is 20.1 Å². The van der Waals surface area contributed by atoms with Gasteiger partial charge in [0, 0.05) is 91.8 Å². The number of carbonyl (C=O) groups excluding carboxylic acids is 2. The number of nitrogen functional groups attached to an aromatic ring is 1. The molecule has 0 bridgehead atoms. The molecule has 27 nitrogen and oxygen atoms in total. The first-order chi connectivity index (χ1) is 38.5. The number of hydrogen-bond acceptors (Lipinski definition) is 19. The molecule has 6 heterocycles. The quantitative estimate of drug-likeness (QED) is 0.0238. The number of amides is 2. The Labute approximate surface area is 464 Å². The molecule has 4 aliphatic heterocycles. The number of ether oxygens (including phenoxy) is 2. The van der Waals surface area contributed by atoms with Gasteiger partial charge in [0.25, 0.3) is 19.3 Å². The zero-order chi connectivity index (χ0) is 58.0. The number of aliphatic hydroxyl groups excluding tert-OH is 2. The van der Waals surface area contributed by atoms with Crippen LogP contribution in [-0.2, 0) is 49.2 Å². The molecule has 4 aliphatic rings.